The average molecular weight is 196 g/mol. The van der Waals surface area contributed by atoms with Gasteiger partial charge in [0.25, 0.3) is 0 Å². The molecule has 0 bridgehead atoms. The SMILES string of the molecule is CCC(C)(CN)C(=O)N1CC=CCC1. The molecule has 0 fully saturated rings. The second-order valence-electron chi connectivity index (χ2n) is 4.13. The second kappa shape index (κ2) is 4.60. The number of nitrogens with two attached hydrogens (primary N) is 1. The summed E-state index contributed by atoms with van der Waals surface area (Å²) in [6, 6.07) is 0. The summed E-state index contributed by atoms with van der Waals surface area (Å²) in [6.07, 6.45) is 5.95. The van der Waals surface area contributed by atoms with E-state index < -0.39 is 0 Å². The second-order valence-corrected chi connectivity index (χ2v) is 4.13. The van der Waals surface area contributed by atoms with Gasteiger partial charge in [0.1, 0.15) is 0 Å². The van der Waals surface area contributed by atoms with Crippen molar-refractivity contribution in [3.05, 3.63) is 12.2 Å². The van der Waals surface area contributed by atoms with Crippen molar-refractivity contribution in [1.82, 2.24) is 4.90 Å². The fraction of sp³-hybridized carbons (Fsp3) is 0.727. The lowest BCUT2D eigenvalue weighted by atomic mass is 9.86. The Bertz CT molecular complexity index is 231. The largest absolute Gasteiger partial charge is 0.338 e. The van der Waals surface area contributed by atoms with Crippen molar-refractivity contribution in [1.29, 1.82) is 0 Å². The summed E-state index contributed by atoms with van der Waals surface area (Å²) in [5.74, 6) is 0.201. The van der Waals surface area contributed by atoms with Gasteiger partial charge in [-0.05, 0) is 19.8 Å². The van der Waals surface area contributed by atoms with Crippen molar-refractivity contribution in [2.24, 2.45) is 11.1 Å². The van der Waals surface area contributed by atoms with Gasteiger partial charge >= 0.3 is 0 Å². The third-order valence-corrected chi connectivity index (χ3v) is 3.09. The van der Waals surface area contributed by atoms with Gasteiger partial charge in [0.15, 0.2) is 0 Å². The lowest BCUT2D eigenvalue weighted by Crippen LogP contribution is -2.47. The van der Waals surface area contributed by atoms with Crippen LogP contribution in [0.1, 0.15) is 26.7 Å². The van der Waals surface area contributed by atoms with Gasteiger partial charge in [-0.25, -0.2) is 0 Å². The van der Waals surface area contributed by atoms with Crippen LogP contribution in [0.3, 0.4) is 0 Å². The number of rotatable bonds is 3. The summed E-state index contributed by atoms with van der Waals surface area (Å²) >= 11 is 0. The molecule has 1 amide bonds. The van der Waals surface area contributed by atoms with Crippen molar-refractivity contribution in [2.75, 3.05) is 19.6 Å². The number of amides is 1. The smallest absolute Gasteiger partial charge is 0.230 e. The maximum Gasteiger partial charge on any atom is 0.230 e. The van der Waals surface area contributed by atoms with Crippen molar-refractivity contribution >= 4 is 5.91 Å². The zero-order valence-electron chi connectivity index (χ0n) is 9.12. The molecule has 0 spiro atoms. The van der Waals surface area contributed by atoms with Crippen LogP contribution in [-0.2, 0) is 4.79 Å². The molecule has 1 atom stereocenters. The summed E-state index contributed by atoms with van der Waals surface area (Å²) < 4.78 is 0. The molecule has 0 aliphatic carbocycles. The van der Waals surface area contributed by atoms with Crippen LogP contribution < -0.4 is 5.73 Å². The maximum absolute atomic E-state index is 12.1. The standard InChI is InChI=1S/C11H20N2O/c1-3-11(2,9-12)10(14)13-7-5-4-6-8-13/h4-5H,3,6-9,12H2,1-2H3. The maximum atomic E-state index is 12.1. The van der Waals surface area contributed by atoms with Crippen molar-refractivity contribution in [2.45, 2.75) is 26.7 Å². The molecule has 1 aliphatic heterocycles. The van der Waals surface area contributed by atoms with E-state index in [1.54, 1.807) is 0 Å². The number of hydrogen-bond donors (Lipinski definition) is 1. The van der Waals surface area contributed by atoms with Crippen LogP contribution in [-0.4, -0.2) is 30.4 Å². The first-order valence-electron chi connectivity index (χ1n) is 5.28. The number of carbonyl (C=O) groups excluding carboxylic acids is 1. The van der Waals surface area contributed by atoms with E-state index in [1.807, 2.05) is 24.8 Å². The molecule has 14 heavy (non-hydrogen) atoms. The number of hydrogen-bond acceptors (Lipinski definition) is 2. The first-order chi connectivity index (χ1) is 6.64. The molecule has 1 aliphatic rings. The lowest BCUT2D eigenvalue weighted by Gasteiger charge is -2.33. The Kier molecular flexibility index (Phi) is 3.69. The predicted molar refractivity (Wildman–Crippen MR) is 57.8 cm³/mol. The lowest BCUT2D eigenvalue weighted by molar-refractivity contribution is -0.140. The van der Waals surface area contributed by atoms with E-state index in [2.05, 4.69) is 6.08 Å². The van der Waals surface area contributed by atoms with Crippen LogP contribution in [0.25, 0.3) is 0 Å². The molecule has 0 saturated heterocycles. The highest BCUT2D eigenvalue weighted by molar-refractivity contribution is 5.82. The summed E-state index contributed by atoms with van der Waals surface area (Å²) in [7, 11) is 0. The molecule has 1 unspecified atom stereocenters. The minimum Gasteiger partial charge on any atom is -0.338 e. The van der Waals surface area contributed by atoms with Crippen LogP contribution in [0.15, 0.2) is 12.2 Å². The number of nitrogens with zero attached hydrogens (tertiary/aromatic N) is 1. The molecule has 0 aromatic rings. The monoisotopic (exact) mass is 196 g/mol. The third-order valence-electron chi connectivity index (χ3n) is 3.09. The highest BCUT2D eigenvalue weighted by atomic mass is 16.2. The summed E-state index contributed by atoms with van der Waals surface area (Å²) in [4.78, 5) is 14.0. The van der Waals surface area contributed by atoms with Gasteiger partial charge < -0.3 is 10.6 Å². The van der Waals surface area contributed by atoms with E-state index in [9.17, 15) is 4.79 Å². The topological polar surface area (TPSA) is 46.3 Å². The van der Waals surface area contributed by atoms with Crippen LogP contribution in [0.4, 0.5) is 0 Å². The molecule has 0 saturated carbocycles. The Balaban J connectivity index is 2.67. The summed E-state index contributed by atoms with van der Waals surface area (Å²) in [5, 5.41) is 0. The molecule has 2 N–H and O–H groups in total. The minimum absolute atomic E-state index is 0.201. The summed E-state index contributed by atoms with van der Waals surface area (Å²) in [6.45, 7) is 5.99. The van der Waals surface area contributed by atoms with Gasteiger partial charge in [-0.1, -0.05) is 19.1 Å². The van der Waals surface area contributed by atoms with Crippen molar-refractivity contribution < 1.29 is 4.79 Å². The quantitative estimate of drug-likeness (QED) is 0.688. The van der Waals surface area contributed by atoms with Crippen LogP contribution in [0, 0.1) is 5.41 Å². The van der Waals surface area contributed by atoms with Gasteiger partial charge in [0, 0.05) is 19.6 Å². The molecule has 1 rings (SSSR count). The van der Waals surface area contributed by atoms with Gasteiger partial charge in [0.05, 0.1) is 5.41 Å². The molecule has 1 heterocycles. The first kappa shape index (κ1) is 11.2. The zero-order chi connectivity index (χ0) is 10.6. The number of carbonyl (C=O) groups is 1. The van der Waals surface area contributed by atoms with E-state index in [0.29, 0.717) is 6.54 Å². The normalized spacial score (nSPS) is 20.6. The molecule has 0 radical (unpaired) electrons. The first-order valence-corrected chi connectivity index (χ1v) is 5.28. The fourth-order valence-corrected chi connectivity index (χ4v) is 1.59. The highest BCUT2D eigenvalue weighted by Crippen LogP contribution is 2.23. The van der Waals surface area contributed by atoms with E-state index in [-0.39, 0.29) is 11.3 Å². The third kappa shape index (κ3) is 2.15. The fourth-order valence-electron chi connectivity index (χ4n) is 1.59. The average Bonchev–Trinajstić information content (AvgIpc) is 2.28. The Labute approximate surface area is 86.0 Å². The Morgan fingerprint density at radius 2 is 2.29 bits per heavy atom. The zero-order valence-corrected chi connectivity index (χ0v) is 9.12. The van der Waals surface area contributed by atoms with E-state index >= 15 is 0 Å². The van der Waals surface area contributed by atoms with Gasteiger partial charge in [-0.15, -0.1) is 0 Å². The predicted octanol–water partition coefficient (Wildman–Crippen LogP) is 1.15. The molecule has 0 aromatic heterocycles. The van der Waals surface area contributed by atoms with E-state index in [0.717, 1.165) is 25.9 Å². The Morgan fingerprint density at radius 1 is 1.57 bits per heavy atom. The van der Waals surface area contributed by atoms with E-state index in [1.165, 1.54) is 0 Å². The van der Waals surface area contributed by atoms with Crippen LogP contribution in [0.5, 0.6) is 0 Å². The Morgan fingerprint density at radius 3 is 2.71 bits per heavy atom. The van der Waals surface area contributed by atoms with Gasteiger partial charge in [-0.3, -0.25) is 4.79 Å². The van der Waals surface area contributed by atoms with Gasteiger partial charge in [0.2, 0.25) is 5.91 Å². The van der Waals surface area contributed by atoms with Crippen LogP contribution in [0.2, 0.25) is 0 Å². The molecule has 0 aromatic carbocycles. The molecule has 3 heteroatoms. The molecular weight excluding hydrogens is 176 g/mol. The van der Waals surface area contributed by atoms with Crippen molar-refractivity contribution in [3.63, 3.8) is 0 Å². The van der Waals surface area contributed by atoms with Crippen LogP contribution >= 0.6 is 0 Å². The van der Waals surface area contributed by atoms with E-state index in [4.69, 9.17) is 5.73 Å². The highest BCUT2D eigenvalue weighted by Gasteiger charge is 2.33. The Hall–Kier alpha value is -0.830. The molecule has 3 nitrogen and oxygen atoms in total. The van der Waals surface area contributed by atoms with Crippen molar-refractivity contribution in [3.8, 4) is 0 Å². The minimum atomic E-state index is -0.370. The summed E-state index contributed by atoms with van der Waals surface area (Å²) in [5.41, 5.74) is 5.29. The van der Waals surface area contributed by atoms with Gasteiger partial charge in [-0.2, -0.15) is 0 Å². The molecular formula is C11H20N2O. The molecule has 80 valence electrons.